The summed E-state index contributed by atoms with van der Waals surface area (Å²) in [5.74, 6) is 0. The van der Waals surface area contributed by atoms with Gasteiger partial charge in [-0.15, -0.1) is 0 Å². The van der Waals surface area contributed by atoms with Gasteiger partial charge in [-0.1, -0.05) is 0 Å². The minimum atomic E-state index is 0. The molecular weight excluding hydrogens is 572 g/mol. The first-order valence-corrected chi connectivity index (χ1v) is 2.45. The zero-order valence-electron chi connectivity index (χ0n) is 12.2. The molecule has 28 heavy (non-hydrogen) atoms. The van der Waals surface area contributed by atoms with Crippen molar-refractivity contribution in [1.29, 1.82) is 0 Å². The van der Waals surface area contributed by atoms with Crippen molar-refractivity contribution in [3.63, 3.8) is 0 Å². The third kappa shape index (κ3) is 11900. The molecule has 0 saturated heterocycles. The van der Waals surface area contributed by atoms with Crippen LogP contribution >= 0.6 is 0 Å². The molecule has 0 unspecified atom stereocenters. The molecule has 12 nitrogen and oxygen atoms in total. The van der Waals surface area contributed by atoms with Crippen molar-refractivity contribution in [2.45, 2.75) is 0 Å². The Morgan fingerprint density at radius 2 is 0.143 bits per heavy atom. The maximum absolute atomic E-state index is 7.50. The van der Waals surface area contributed by atoms with Gasteiger partial charge < -0.3 is 0 Å². The molecule has 0 amide bonds. The number of hydrogen-bond acceptors (Lipinski definition) is 0. The van der Waals surface area contributed by atoms with Crippen LogP contribution in [0.3, 0.4) is 0 Å². The summed E-state index contributed by atoms with van der Waals surface area (Å²) in [4.78, 5) is 0. The van der Waals surface area contributed by atoms with Gasteiger partial charge in [-0.25, -0.2) is 0 Å². The molecule has 0 fully saturated rings. The monoisotopic (exact) mass is 572 g/mol. The molecule has 0 bridgehead atoms. The van der Waals surface area contributed by atoms with E-state index in [0.717, 1.165) is 0 Å². The fraction of sp³-hybridized carbons (Fsp3) is 0. The molecule has 0 aromatic heterocycles. The zero-order chi connectivity index (χ0) is 24.0. The van der Waals surface area contributed by atoms with Gasteiger partial charge in [0, 0.05) is 67.1 Å². The second kappa shape index (κ2) is 13400. The van der Waals surface area contributed by atoms with E-state index in [-0.39, 0.29) is 67.1 Å². The van der Waals surface area contributed by atoms with Crippen LogP contribution in [-0.2, 0) is 123 Å². The predicted octanol–water partition coefficient (Wildman–Crippen LogP) is -0.460. The molecule has 0 N–H and O–H groups in total. The summed E-state index contributed by atoms with van der Waals surface area (Å²) in [5, 5.41) is 0. The molecule has 4 radical (unpaired) electrons. The molecule has 0 atom stereocenters. The summed E-state index contributed by atoms with van der Waals surface area (Å²) >= 11 is 0. The molecule has 0 aliphatic rings. The molecule has 0 spiro atoms. The topological polar surface area (TPSA) is 239 Å². The van der Waals surface area contributed by atoms with E-state index >= 15 is 0 Å². The normalized spacial score (nSPS) is 0.857. The first-order valence-electron chi connectivity index (χ1n) is 2.45. The molecule has 0 aromatic rings. The Labute approximate surface area is 202 Å². The van der Waals surface area contributed by atoms with E-state index < -0.39 is 0 Å². The van der Waals surface area contributed by atoms with Crippen LogP contribution < -0.4 is 0 Å². The van der Waals surface area contributed by atoms with Crippen molar-refractivity contribution in [1.82, 2.24) is 0 Å². The van der Waals surface area contributed by atoms with Crippen molar-refractivity contribution < 1.29 is 123 Å². The summed E-state index contributed by atoms with van der Waals surface area (Å²) in [5.41, 5.74) is 0. The average Bonchev–Trinajstić information content (AvgIpc) is 2.84. The Bertz CT molecular complexity index is 227. The third-order valence-electron chi connectivity index (χ3n) is 0. The van der Waals surface area contributed by atoms with Crippen LogP contribution in [0.15, 0.2) is 0 Å². The molecule has 0 rings (SSSR count). The molecule has 0 heterocycles. The Morgan fingerprint density at radius 1 is 0.143 bits per heavy atom. The molecule has 16 heteroatoms. The number of hydrogen-bond donors (Lipinski definition) is 0. The number of rotatable bonds is 0. The molecular formula is C12Co4O12. The van der Waals surface area contributed by atoms with Crippen LogP contribution in [-0.4, -0.2) is 0 Å². The second-order valence-corrected chi connectivity index (χ2v) is 0. The summed E-state index contributed by atoms with van der Waals surface area (Å²) in [6.45, 7) is 54.0. The predicted molar refractivity (Wildman–Crippen MR) is 47.2 cm³/mol. The van der Waals surface area contributed by atoms with Crippen molar-refractivity contribution in [2.75, 3.05) is 0 Å². The Hall–Kier alpha value is -1.09. The molecule has 156 valence electrons. The van der Waals surface area contributed by atoms with Crippen molar-refractivity contribution in [3.05, 3.63) is 79.8 Å². The first kappa shape index (κ1) is 152. The van der Waals surface area contributed by atoms with Crippen molar-refractivity contribution >= 4 is 0 Å². The van der Waals surface area contributed by atoms with E-state index in [1.165, 1.54) is 0 Å². The van der Waals surface area contributed by atoms with E-state index in [1.807, 2.05) is 0 Å². The summed E-state index contributed by atoms with van der Waals surface area (Å²) in [6, 6.07) is 0. The van der Waals surface area contributed by atoms with Gasteiger partial charge in [0.1, 0.15) is 0 Å². The maximum Gasteiger partial charge on any atom is 0 e. The smallest absolute Gasteiger partial charge is 0 e. The van der Waals surface area contributed by atoms with E-state index in [1.54, 1.807) is 0 Å². The summed E-state index contributed by atoms with van der Waals surface area (Å²) in [6.07, 6.45) is 0. The van der Waals surface area contributed by atoms with Crippen LogP contribution in [0, 0.1) is 79.8 Å². The van der Waals surface area contributed by atoms with Gasteiger partial charge in [-0.3, -0.25) is 0 Å². The standard InChI is InChI=1S/12CO.4Co/c12*1-2;;;;. The van der Waals surface area contributed by atoms with Gasteiger partial charge in [-0.05, 0) is 0 Å². The zero-order valence-corrected chi connectivity index (χ0v) is 16.4. The van der Waals surface area contributed by atoms with Gasteiger partial charge in [0.25, 0.3) is 0 Å². The van der Waals surface area contributed by atoms with Crippen LogP contribution in [0.5, 0.6) is 0 Å². The first-order chi connectivity index (χ1) is 12.0. The summed E-state index contributed by atoms with van der Waals surface area (Å²) in [7, 11) is 0. The quantitative estimate of drug-likeness (QED) is 0.265. The van der Waals surface area contributed by atoms with E-state index in [2.05, 4.69) is 79.8 Å². The van der Waals surface area contributed by atoms with Crippen LogP contribution in [0.4, 0.5) is 0 Å². The van der Waals surface area contributed by atoms with Crippen LogP contribution in [0.1, 0.15) is 0 Å². The Kier molecular flexibility index (Phi) is 72800. The fourth-order valence-electron chi connectivity index (χ4n) is 0. The Balaban J connectivity index is -0.00000000396. The van der Waals surface area contributed by atoms with Gasteiger partial charge in [0.15, 0.2) is 0 Å². The average molecular weight is 572 g/mol. The minimum absolute atomic E-state index is 0. The third-order valence-corrected chi connectivity index (χ3v) is 0. The largest absolute Gasteiger partial charge is 0 e. The molecule has 0 aliphatic carbocycles. The van der Waals surface area contributed by atoms with Crippen LogP contribution in [0.25, 0.3) is 0 Å². The van der Waals surface area contributed by atoms with Gasteiger partial charge in [0.05, 0.1) is 0 Å². The Morgan fingerprint density at radius 3 is 0.143 bits per heavy atom. The van der Waals surface area contributed by atoms with Gasteiger partial charge in [-0.2, -0.15) is 0 Å². The van der Waals surface area contributed by atoms with E-state index in [9.17, 15) is 0 Å². The molecule has 0 saturated carbocycles. The van der Waals surface area contributed by atoms with E-state index in [4.69, 9.17) is 55.8 Å². The fourth-order valence-corrected chi connectivity index (χ4v) is 0. The maximum atomic E-state index is 7.50. The van der Waals surface area contributed by atoms with Crippen LogP contribution in [0.2, 0.25) is 0 Å². The SMILES string of the molecule is [C-]#[O+].[C-]#[O+].[C-]#[O+].[C-]#[O+].[C-]#[O+].[C-]#[O+].[C-]#[O+].[C-]#[O+].[C-]#[O+].[C-]#[O+].[C-]#[O+].[C-]#[O+].[Co].[Co].[Co].[Co]. The van der Waals surface area contributed by atoms with E-state index in [0.29, 0.717) is 0 Å². The second-order valence-electron chi connectivity index (χ2n) is 0. The minimum Gasteiger partial charge on any atom is 0 e. The summed E-state index contributed by atoms with van der Waals surface area (Å²) < 4.78 is 90.0. The van der Waals surface area contributed by atoms with Crippen molar-refractivity contribution in [3.8, 4) is 0 Å². The van der Waals surface area contributed by atoms with Crippen molar-refractivity contribution in [2.24, 2.45) is 0 Å². The molecule has 0 aliphatic heterocycles. The van der Waals surface area contributed by atoms with Gasteiger partial charge in [0.2, 0.25) is 0 Å². The molecule has 0 aromatic carbocycles. The van der Waals surface area contributed by atoms with Gasteiger partial charge >= 0.3 is 136 Å².